The molecule has 0 bridgehead atoms. The monoisotopic (exact) mass is 313 g/mol. The Bertz CT molecular complexity index is 953. The third-order valence-electron chi connectivity index (χ3n) is 3.75. The predicted molar refractivity (Wildman–Crippen MR) is 101 cm³/mol. The predicted octanol–water partition coefficient (Wildman–Crippen LogP) is 6.32. The van der Waals surface area contributed by atoms with Crippen molar-refractivity contribution in [1.82, 2.24) is 0 Å². The molecule has 4 rings (SSSR count). The molecular weight excluding hydrogens is 298 g/mol. The topological polar surface area (TPSA) is 12.4 Å². The van der Waals surface area contributed by atoms with Gasteiger partial charge in [0.2, 0.25) is 0 Å². The first-order valence-corrected chi connectivity index (χ1v) is 8.39. The molecule has 0 aliphatic heterocycles. The van der Waals surface area contributed by atoms with Crippen LogP contribution in [0, 0.1) is 0 Å². The minimum atomic E-state index is 1.06. The van der Waals surface area contributed by atoms with Crippen molar-refractivity contribution >= 4 is 33.3 Å². The molecule has 1 heterocycles. The Balaban J connectivity index is 1.88. The standard InChI is InChI=1S/C21H15NS/c1-3-9-16(10-4-1)15-22-20-18-13-7-8-14-19(18)23-21(20)17-11-5-2-6-12-17/h1-15H. The van der Waals surface area contributed by atoms with E-state index in [4.69, 9.17) is 4.99 Å². The SMILES string of the molecule is C(=Nc1c(-c2ccccc2)sc2ccccc12)c1ccccc1. The highest BCUT2D eigenvalue weighted by molar-refractivity contribution is 7.23. The molecule has 0 amide bonds. The number of fused-ring (bicyclic) bond motifs is 1. The molecule has 0 fully saturated rings. The molecule has 3 aromatic carbocycles. The van der Waals surface area contributed by atoms with Crippen LogP contribution in [0.4, 0.5) is 5.69 Å². The van der Waals surface area contributed by atoms with Gasteiger partial charge in [0.1, 0.15) is 0 Å². The normalized spacial score (nSPS) is 11.3. The lowest BCUT2D eigenvalue weighted by Crippen LogP contribution is -1.79. The zero-order valence-electron chi connectivity index (χ0n) is 12.5. The molecule has 0 radical (unpaired) electrons. The molecule has 4 aromatic rings. The summed E-state index contributed by atoms with van der Waals surface area (Å²) in [4.78, 5) is 6.05. The van der Waals surface area contributed by atoms with E-state index in [0.29, 0.717) is 0 Å². The number of nitrogens with zero attached hydrogens (tertiary/aromatic N) is 1. The van der Waals surface area contributed by atoms with Gasteiger partial charge in [-0.2, -0.15) is 0 Å². The molecular formula is C21H15NS. The number of hydrogen-bond donors (Lipinski definition) is 0. The fourth-order valence-corrected chi connectivity index (χ4v) is 3.78. The summed E-state index contributed by atoms with van der Waals surface area (Å²) >= 11 is 1.80. The number of rotatable bonds is 3. The average Bonchev–Trinajstić information content (AvgIpc) is 3.00. The lowest BCUT2D eigenvalue weighted by Gasteiger charge is -2.00. The van der Waals surface area contributed by atoms with E-state index >= 15 is 0 Å². The van der Waals surface area contributed by atoms with Gasteiger partial charge in [-0.05, 0) is 17.2 Å². The highest BCUT2D eigenvalue weighted by Gasteiger charge is 2.12. The first-order valence-electron chi connectivity index (χ1n) is 7.58. The van der Waals surface area contributed by atoms with Crippen LogP contribution in [0.25, 0.3) is 20.5 Å². The van der Waals surface area contributed by atoms with Crippen LogP contribution in [0.2, 0.25) is 0 Å². The molecule has 1 nitrogen and oxygen atoms in total. The molecule has 0 unspecified atom stereocenters. The van der Waals surface area contributed by atoms with Crippen molar-refractivity contribution in [3.63, 3.8) is 0 Å². The van der Waals surface area contributed by atoms with Gasteiger partial charge in [-0.1, -0.05) is 78.9 Å². The fourth-order valence-electron chi connectivity index (χ4n) is 2.62. The van der Waals surface area contributed by atoms with E-state index < -0.39 is 0 Å². The smallest absolute Gasteiger partial charge is 0.0894 e. The van der Waals surface area contributed by atoms with Gasteiger partial charge in [0.05, 0.1) is 10.6 Å². The van der Waals surface area contributed by atoms with Crippen molar-refractivity contribution in [3.05, 3.63) is 90.5 Å². The molecule has 0 aliphatic rings. The Morgan fingerprint density at radius 2 is 1.35 bits per heavy atom. The Morgan fingerprint density at radius 1 is 0.696 bits per heavy atom. The Morgan fingerprint density at radius 3 is 2.13 bits per heavy atom. The zero-order valence-corrected chi connectivity index (χ0v) is 13.3. The van der Waals surface area contributed by atoms with Crippen molar-refractivity contribution in [2.45, 2.75) is 0 Å². The molecule has 0 N–H and O–H groups in total. The Labute approximate surface area is 139 Å². The summed E-state index contributed by atoms with van der Waals surface area (Å²) in [5.74, 6) is 0. The Kier molecular flexibility index (Phi) is 3.75. The van der Waals surface area contributed by atoms with Crippen molar-refractivity contribution in [2.75, 3.05) is 0 Å². The van der Waals surface area contributed by atoms with E-state index in [1.807, 2.05) is 30.5 Å². The van der Waals surface area contributed by atoms with Crippen LogP contribution < -0.4 is 0 Å². The summed E-state index contributed by atoms with van der Waals surface area (Å²) in [6.07, 6.45) is 1.95. The van der Waals surface area contributed by atoms with Crippen LogP contribution in [0.15, 0.2) is 89.9 Å². The lowest BCUT2D eigenvalue weighted by molar-refractivity contribution is 1.58. The van der Waals surface area contributed by atoms with Crippen LogP contribution in [-0.2, 0) is 0 Å². The minimum absolute atomic E-state index is 1.06. The summed E-state index contributed by atoms with van der Waals surface area (Å²) in [5, 5.41) is 1.21. The molecule has 2 heteroatoms. The summed E-state index contributed by atoms with van der Waals surface area (Å²) in [5.41, 5.74) is 3.39. The van der Waals surface area contributed by atoms with Gasteiger partial charge in [-0.3, -0.25) is 4.99 Å². The largest absolute Gasteiger partial charge is 0.254 e. The number of aliphatic imine (C=N–C) groups is 1. The highest BCUT2D eigenvalue weighted by Crippen LogP contribution is 2.44. The summed E-state index contributed by atoms with van der Waals surface area (Å²) in [7, 11) is 0. The number of thiophene rings is 1. The second-order valence-corrected chi connectivity index (χ2v) is 6.36. The quantitative estimate of drug-likeness (QED) is 0.392. The van der Waals surface area contributed by atoms with E-state index in [2.05, 4.69) is 60.7 Å². The van der Waals surface area contributed by atoms with E-state index in [9.17, 15) is 0 Å². The van der Waals surface area contributed by atoms with Crippen LogP contribution in [0.5, 0.6) is 0 Å². The van der Waals surface area contributed by atoms with E-state index in [1.54, 1.807) is 11.3 Å². The number of benzene rings is 3. The van der Waals surface area contributed by atoms with Gasteiger partial charge < -0.3 is 0 Å². The molecule has 0 aliphatic carbocycles. The maximum Gasteiger partial charge on any atom is 0.0894 e. The molecule has 1 aromatic heterocycles. The summed E-state index contributed by atoms with van der Waals surface area (Å²) in [6.45, 7) is 0. The molecule has 0 atom stereocenters. The summed E-state index contributed by atoms with van der Waals surface area (Å²) < 4.78 is 1.27. The minimum Gasteiger partial charge on any atom is -0.254 e. The van der Waals surface area contributed by atoms with E-state index in [0.717, 1.165) is 11.3 Å². The van der Waals surface area contributed by atoms with Gasteiger partial charge in [0.25, 0.3) is 0 Å². The van der Waals surface area contributed by atoms with Gasteiger partial charge in [0.15, 0.2) is 0 Å². The van der Waals surface area contributed by atoms with Crippen molar-refractivity contribution < 1.29 is 0 Å². The average molecular weight is 313 g/mol. The molecule has 110 valence electrons. The fraction of sp³-hybridized carbons (Fsp3) is 0. The first-order chi connectivity index (χ1) is 11.4. The van der Waals surface area contributed by atoms with Gasteiger partial charge >= 0.3 is 0 Å². The lowest BCUT2D eigenvalue weighted by atomic mass is 10.1. The molecule has 0 saturated heterocycles. The maximum atomic E-state index is 4.83. The van der Waals surface area contributed by atoms with Crippen LogP contribution >= 0.6 is 11.3 Å². The highest BCUT2D eigenvalue weighted by atomic mass is 32.1. The second kappa shape index (κ2) is 6.19. The third kappa shape index (κ3) is 2.81. The molecule has 23 heavy (non-hydrogen) atoms. The maximum absolute atomic E-state index is 4.83. The van der Waals surface area contributed by atoms with Crippen LogP contribution in [0.1, 0.15) is 5.56 Å². The van der Waals surface area contributed by atoms with E-state index in [-0.39, 0.29) is 0 Å². The van der Waals surface area contributed by atoms with Crippen LogP contribution in [-0.4, -0.2) is 6.21 Å². The first kappa shape index (κ1) is 13.9. The Hall–Kier alpha value is -2.71. The summed E-state index contributed by atoms with van der Waals surface area (Å²) in [6, 6.07) is 29.2. The van der Waals surface area contributed by atoms with Crippen LogP contribution in [0.3, 0.4) is 0 Å². The zero-order chi connectivity index (χ0) is 15.5. The van der Waals surface area contributed by atoms with Crippen molar-refractivity contribution in [3.8, 4) is 10.4 Å². The van der Waals surface area contributed by atoms with Crippen molar-refractivity contribution in [2.24, 2.45) is 4.99 Å². The van der Waals surface area contributed by atoms with E-state index in [1.165, 1.54) is 20.5 Å². The van der Waals surface area contributed by atoms with Gasteiger partial charge in [-0.15, -0.1) is 11.3 Å². The molecule has 0 spiro atoms. The third-order valence-corrected chi connectivity index (χ3v) is 4.96. The number of hydrogen-bond acceptors (Lipinski definition) is 2. The van der Waals surface area contributed by atoms with Gasteiger partial charge in [-0.25, -0.2) is 0 Å². The molecule has 0 saturated carbocycles. The van der Waals surface area contributed by atoms with Crippen molar-refractivity contribution in [1.29, 1.82) is 0 Å². The second-order valence-electron chi connectivity index (χ2n) is 5.31. The van der Waals surface area contributed by atoms with Gasteiger partial charge in [0, 0.05) is 16.3 Å².